The lowest BCUT2D eigenvalue weighted by Gasteiger charge is -2.36. The number of nitrogens with zero attached hydrogens (tertiary/aromatic N) is 1. The first-order chi connectivity index (χ1) is 7.54. The lowest BCUT2D eigenvalue weighted by atomic mass is 10.0. The van der Waals surface area contributed by atoms with Crippen LogP contribution in [-0.4, -0.2) is 41.9 Å². The third-order valence-corrected chi connectivity index (χ3v) is 4.26. The predicted molar refractivity (Wildman–Crippen MR) is 66.7 cm³/mol. The Balaban J connectivity index is 1.89. The number of carbonyl (C=O) groups excluding carboxylic acids is 1. The van der Waals surface area contributed by atoms with Gasteiger partial charge in [0, 0.05) is 19.5 Å². The molecule has 0 radical (unpaired) electrons. The van der Waals surface area contributed by atoms with Crippen molar-refractivity contribution in [2.75, 3.05) is 18.8 Å². The molecule has 92 valence electrons. The monoisotopic (exact) mass is 243 g/mol. The first-order valence-electron chi connectivity index (χ1n) is 6.09. The quantitative estimate of drug-likeness (QED) is 0.765. The second-order valence-corrected chi connectivity index (χ2v) is 5.71. The fourth-order valence-corrected chi connectivity index (χ4v) is 2.81. The van der Waals surface area contributed by atoms with Crippen LogP contribution in [0.4, 0.5) is 0 Å². The van der Waals surface area contributed by atoms with Crippen molar-refractivity contribution in [2.45, 2.75) is 45.3 Å². The molecule has 1 heterocycles. The lowest BCUT2D eigenvalue weighted by Crippen LogP contribution is -2.48. The standard InChI is InChI=1S/C12H21NO2S/c1-9-6-13(7-10(2)15-9)11(14)5-12(8-16)3-4-12/h9-10,16H,3-8H2,1-2H3/t9-,10+. The van der Waals surface area contributed by atoms with Crippen molar-refractivity contribution in [1.82, 2.24) is 4.90 Å². The van der Waals surface area contributed by atoms with Gasteiger partial charge in [-0.2, -0.15) is 12.6 Å². The van der Waals surface area contributed by atoms with Gasteiger partial charge in [0.1, 0.15) is 0 Å². The van der Waals surface area contributed by atoms with Crippen LogP contribution in [0.1, 0.15) is 33.1 Å². The van der Waals surface area contributed by atoms with Gasteiger partial charge in [0.25, 0.3) is 0 Å². The summed E-state index contributed by atoms with van der Waals surface area (Å²) >= 11 is 4.34. The highest BCUT2D eigenvalue weighted by atomic mass is 32.1. The molecular formula is C12H21NO2S. The molecule has 2 fully saturated rings. The average molecular weight is 243 g/mol. The van der Waals surface area contributed by atoms with Crippen molar-refractivity contribution in [3.63, 3.8) is 0 Å². The highest BCUT2D eigenvalue weighted by Gasteiger charge is 2.44. The second kappa shape index (κ2) is 4.57. The number of morpholine rings is 1. The molecule has 2 aliphatic rings. The maximum absolute atomic E-state index is 12.1. The minimum absolute atomic E-state index is 0.166. The predicted octanol–water partition coefficient (Wildman–Crippen LogP) is 1.72. The first-order valence-corrected chi connectivity index (χ1v) is 6.72. The Morgan fingerprint density at radius 3 is 2.38 bits per heavy atom. The van der Waals surface area contributed by atoms with Crippen molar-refractivity contribution in [3.8, 4) is 0 Å². The zero-order valence-corrected chi connectivity index (χ0v) is 11.0. The van der Waals surface area contributed by atoms with Gasteiger partial charge in [-0.15, -0.1) is 0 Å². The van der Waals surface area contributed by atoms with Gasteiger partial charge in [-0.3, -0.25) is 4.79 Å². The highest BCUT2D eigenvalue weighted by Crippen LogP contribution is 2.49. The lowest BCUT2D eigenvalue weighted by molar-refractivity contribution is -0.144. The smallest absolute Gasteiger partial charge is 0.223 e. The Labute approximate surface area is 103 Å². The molecule has 1 saturated carbocycles. The van der Waals surface area contributed by atoms with Crippen LogP contribution in [0.2, 0.25) is 0 Å². The van der Waals surface area contributed by atoms with E-state index in [1.807, 2.05) is 18.7 Å². The summed E-state index contributed by atoms with van der Waals surface area (Å²) in [7, 11) is 0. The molecule has 0 bridgehead atoms. The minimum Gasteiger partial charge on any atom is -0.372 e. The fraction of sp³-hybridized carbons (Fsp3) is 0.917. The zero-order chi connectivity index (χ0) is 11.8. The molecular weight excluding hydrogens is 222 g/mol. The van der Waals surface area contributed by atoms with Crippen LogP contribution < -0.4 is 0 Å². The molecule has 2 atom stereocenters. The van der Waals surface area contributed by atoms with Crippen LogP contribution in [0, 0.1) is 5.41 Å². The van der Waals surface area contributed by atoms with Crippen molar-refractivity contribution in [3.05, 3.63) is 0 Å². The topological polar surface area (TPSA) is 29.5 Å². The average Bonchev–Trinajstić information content (AvgIpc) is 2.97. The Morgan fingerprint density at radius 2 is 1.94 bits per heavy atom. The van der Waals surface area contributed by atoms with Crippen LogP contribution in [0.3, 0.4) is 0 Å². The second-order valence-electron chi connectivity index (χ2n) is 5.39. The van der Waals surface area contributed by atoms with Gasteiger partial charge in [-0.25, -0.2) is 0 Å². The van der Waals surface area contributed by atoms with Crippen molar-refractivity contribution >= 4 is 18.5 Å². The molecule has 0 unspecified atom stereocenters. The summed E-state index contributed by atoms with van der Waals surface area (Å²) in [5, 5.41) is 0. The molecule has 0 aromatic rings. The summed E-state index contributed by atoms with van der Waals surface area (Å²) in [6.07, 6.45) is 3.34. The van der Waals surface area contributed by atoms with E-state index in [0.717, 1.165) is 31.7 Å². The van der Waals surface area contributed by atoms with E-state index in [2.05, 4.69) is 12.6 Å². The summed E-state index contributed by atoms with van der Waals surface area (Å²) in [4.78, 5) is 14.1. The van der Waals surface area contributed by atoms with Crippen LogP contribution in [0.15, 0.2) is 0 Å². The van der Waals surface area contributed by atoms with E-state index >= 15 is 0 Å². The van der Waals surface area contributed by atoms with Gasteiger partial charge < -0.3 is 9.64 Å². The van der Waals surface area contributed by atoms with Crippen LogP contribution >= 0.6 is 12.6 Å². The maximum atomic E-state index is 12.1. The highest BCUT2D eigenvalue weighted by molar-refractivity contribution is 7.80. The number of hydrogen-bond acceptors (Lipinski definition) is 3. The SMILES string of the molecule is C[C@@H]1CN(C(=O)CC2(CS)CC2)C[C@H](C)O1. The van der Waals surface area contributed by atoms with Gasteiger partial charge >= 0.3 is 0 Å². The molecule has 2 rings (SSSR count). The molecule has 16 heavy (non-hydrogen) atoms. The molecule has 3 nitrogen and oxygen atoms in total. The molecule has 1 aliphatic heterocycles. The van der Waals surface area contributed by atoms with Crippen molar-refractivity contribution in [2.24, 2.45) is 5.41 Å². The maximum Gasteiger partial charge on any atom is 0.223 e. The summed E-state index contributed by atoms with van der Waals surface area (Å²) in [6.45, 7) is 5.54. The summed E-state index contributed by atoms with van der Waals surface area (Å²) in [6, 6.07) is 0. The zero-order valence-electron chi connectivity index (χ0n) is 10.1. The van der Waals surface area contributed by atoms with Gasteiger partial charge in [0.05, 0.1) is 12.2 Å². The summed E-state index contributed by atoms with van der Waals surface area (Å²) in [5.74, 6) is 1.13. The van der Waals surface area contributed by atoms with Gasteiger partial charge in [0.2, 0.25) is 5.91 Å². The van der Waals surface area contributed by atoms with Crippen molar-refractivity contribution in [1.29, 1.82) is 0 Å². The Bertz CT molecular complexity index is 268. The number of ether oxygens (including phenoxy) is 1. The van der Waals surface area contributed by atoms with E-state index in [1.54, 1.807) is 0 Å². The third-order valence-electron chi connectivity index (χ3n) is 3.59. The number of thiol groups is 1. The minimum atomic E-state index is 0.166. The van der Waals surface area contributed by atoms with E-state index in [4.69, 9.17) is 4.74 Å². The number of hydrogen-bond donors (Lipinski definition) is 1. The van der Waals surface area contributed by atoms with E-state index in [0.29, 0.717) is 6.42 Å². The van der Waals surface area contributed by atoms with E-state index in [-0.39, 0.29) is 23.5 Å². The van der Waals surface area contributed by atoms with E-state index in [1.165, 1.54) is 0 Å². The largest absolute Gasteiger partial charge is 0.372 e. The normalized spacial score (nSPS) is 32.6. The number of amides is 1. The summed E-state index contributed by atoms with van der Waals surface area (Å²) in [5.41, 5.74) is 0.227. The number of rotatable bonds is 3. The molecule has 0 aromatic carbocycles. The van der Waals surface area contributed by atoms with Crippen molar-refractivity contribution < 1.29 is 9.53 Å². The Morgan fingerprint density at radius 1 is 1.38 bits per heavy atom. The molecule has 4 heteroatoms. The number of carbonyl (C=O) groups is 1. The molecule has 1 amide bonds. The molecule has 0 spiro atoms. The molecule has 0 N–H and O–H groups in total. The molecule has 1 aliphatic carbocycles. The summed E-state index contributed by atoms with van der Waals surface area (Å²) < 4.78 is 5.63. The van der Waals surface area contributed by atoms with E-state index in [9.17, 15) is 4.79 Å². The Kier molecular flexibility index (Phi) is 3.50. The van der Waals surface area contributed by atoms with Crippen LogP contribution in [-0.2, 0) is 9.53 Å². The van der Waals surface area contributed by atoms with Gasteiger partial charge in [-0.05, 0) is 37.9 Å². The van der Waals surface area contributed by atoms with Gasteiger partial charge in [0.15, 0.2) is 0 Å². The Hall–Kier alpha value is -0.220. The fourth-order valence-electron chi connectivity index (χ4n) is 2.38. The third kappa shape index (κ3) is 2.72. The van der Waals surface area contributed by atoms with Crippen LogP contribution in [0.5, 0.6) is 0 Å². The molecule has 0 aromatic heterocycles. The van der Waals surface area contributed by atoms with E-state index < -0.39 is 0 Å². The first kappa shape index (κ1) is 12.2. The molecule has 1 saturated heterocycles. The van der Waals surface area contributed by atoms with Gasteiger partial charge in [-0.1, -0.05) is 0 Å². The van der Waals surface area contributed by atoms with Crippen LogP contribution in [0.25, 0.3) is 0 Å².